The van der Waals surface area contributed by atoms with Crippen molar-refractivity contribution in [2.45, 2.75) is 64.0 Å². The van der Waals surface area contributed by atoms with Gasteiger partial charge in [-0.15, -0.1) is 11.8 Å². The fourth-order valence-corrected chi connectivity index (χ4v) is 3.03. The third-order valence-corrected chi connectivity index (χ3v) is 5.30. The van der Waals surface area contributed by atoms with Crippen LogP contribution in [0.5, 0.6) is 0 Å². The summed E-state index contributed by atoms with van der Waals surface area (Å²) in [6.07, 6.45) is 3.00. The van der Waals surface area contributed by atoms with Gasteiger partial charge in [0.25, 0.3) is 0 Å². The number of aromatic nitrogens is 1. The zero-order valence-electron chi connectivity index (χ0n) is 13.2. The Balaban J connectivity index is 1.94. The zero-order valence-corrected chi connectivity index (χ0v) is 14.0. The van der Waals surface area contributed by atoms with E-state index in [2.05, 4.69) is 25.9 Å². The Bertz CT molecular complexity index is 481. The molecule has 0 amide bonds. The standard InChI is InChI=1S/C16H25NO2S/c1-15(2,3)13-8-12(19-17-13)9-14(18)16(4,5)20-10-11-6-7-11/h8,11H,6-7,9-10H2,1-5H3. The van der Waals surface area contributed by atoms with E-state index in [9.17, 15) is 4.79 Å². The van der Waals surface area contributed by atoms with Crippen molar-refractivity contribution in [3.63, 3.8) is 0 Å². The number of thioether (sulfide) groups is 1. The van der Waals surface area contributed by atoms with Crippen LogP contribution in [0.3, 0.4) is 0 Å². The Morgan fingerprint density at radius 3 is 2.50 bits per heavy atom. The van der Waals surface area contributed by atoms with Crippen LogP contribution in [0.4, 0.5) is 0 Å². The molecule has 1 aliphatic carbocycles. The fraction of sp³-hybridized carbons (Fsp3) is 0.750. The summed E-state index contributed by atoms with van der Waals surface area (Å²) < 4.78 is 4.98. The second-order valence-corrected chi connectivity index (χ2v) is 8.94. The van der Waals surface area contributed by atoms with Crippen LogP contribution in [0, 0.1) is 5.92 Å². The zero-order chi connectivity index (χ0) is 15.0. The molecule has 0 unspecified atom stereocenters. The van der Waals surface area contributed by atoms with Gasteiger partial charge in [-0.3, -0.25) is 4.79 Å². The Morgan fingerprint density at radius 1 is 1.35 bits per heavy atom. The molecule has 1 fully saturated rings. The van der Waals surface area contributed by atoms with Gasteiger partial charge in [0.2, 0.25) is 0 Å². The predicted octanol–water partition coefficient (Wildman–Crippen LogP) is 4.01. The highest BCUT2D eigenvalue weighted by atomic mass is 32.2. The van der Waals surface area contributed by atoms with E-state index in [0.717, 1.165) is 17.4 Å². The molecule has 0 N–H and O–H groups in total. The quantitative estimate of drug-likeness (QED) is 0.795. The molecule has 4 heteroatoms. The molecular formula is C16H25NO2S. The lowest BCUT2D eigenvalue weighted by atomic mass is 9.92. The SMILES string of the molecule is CC(C)(SCC1CC1)C(=O)Cc1cc(C(C)(C)C)no1. The summed E-state index contributed by atoms with van der Waals surface area (Å²) in [6, 6.07) is 1.92. The van der Waals surface area contributed by atoms with Gasteiger partial charge in [0.05, 0.1) is 16.9 Å². The van der Waals surface area contributed by atoms with Gasteiger partial charge in [0.15, 0.2) is 5.78 Å². The van der Waals surface area contributed by atoms with Crippen molar-refractivity contribution < 1.29 is 9.32 Å². The van der Waals surface area contributed by atoms with Gasteiger partial charge in [-0.2, -0.15) is 0 Å². The second-order valence-electron chi connectivity index (χ2n) is 7.29. The first kappa shape index (κ1) is 15.6. The first-order valence-corrected chi connectivity index (χ1v) is 8.30. The molecule has 112 valence electrons. The molecule has 0 saturated heterocycles. The summed E-state index contributed by atoms with van der Waals surface area (Å²) in [4.78, 5) is 12.4. The maximum absolute atomic E-state index is 12.4. The number of carbonyl (C=O) groups excluding carboxylic acids is 1. The molecule has 1 aromatic heterocycles. The van der Waals surface area contributed by atoms with Crippen LogP contribution in [0.25, 0.3) is 0 Å². The smallest absolute Gasteiger partial charge is 0.155 e. The molecule has 3 nitrogen and oxygen atoms in total. The van der Waals surface area contributed by atoms with E-state index in [1.165, 1.54) is 12.8 Å². The van der Waals surface area contributed by atoms with E-state index in [1.54, 1.807) is 11.8 Å². The molecule has 1 saturated carbocycles. The van der Waals surface area contributed by atoms with Crippen LogP contribution in [0.15, 0.2) is 10.6 Å². The van der Waals surface area contributed by atoms with Gasteiger partial charge < -0.3 is 4.52 Å². The maximum Gasteiger partial charge on any atom is 0.155 e. The van der Waals surface area contributed by atoms with Gasteiger partial charge in [-0.1, -0.05) is 25.9 Å². The lowest BCUT2D eigenvalue weighted by Crippen LogP contribution is -2.30. The summed E-state index contributed by atoms with van der Waals surface area (Å²) in [5.74, 6) is 2.84. The number of nitrogens with zero attached hydrogens (tertiary/aromatic N) is 1. The van der Waals surface area contributed by atoms with Gasteiger partial charge in [-0.25, -0.2) is 0 Å². The van der Waals surface area contributed by atoms with E-state index >= 15 is 0 Å². The van der Waals surface area contributed by atoms with Gasteiger partial charge in [0, 0.05) is 11.5 Å². The molecule has 0 atom stereocenters. The van der Waals surface area contributed by atoms with Crippen molar-refractivity contribution >= 4 is 17.5 Å². The number of ketones is 1. The first-order valence-electron chi connectivity index (χ1n) is 7.32. The minimum absolute atomic E-state index is 0.0406. The van der Waals surface area contributed by atoms with E-state index < -0.39 is 0 Å². The third kappa shape index (κ3) is 4.11. The van der Waals surface area contributed by atoms with E-state index in [4.69, 9.17) is 4.52 Å². The Morgan fingerprint density at radius 2 is 2.00 bits per heavy atom. The molecule has 1 aromatic rings. The van der Waals surface area contributed by atoms with E-state index in [0.29, 0.717) is 12.2 Å². The van der Waals surface area contributed by atoms with Crippen molar-refractivity contribution in [3.8, 4) is 0 Å². The number of hydrogen-bond acceptors (Lipinski definition) is 4. The van der Waals surface area contributed by atoms with Crippen molar-refractivity contribution in [1.29, 1.82) is 0 Å². The normalized spacial score (nSPS) is 16.4. The minimum Gasteiger partial charge on any atom is -0.361 e. The molecular weight excluding hydrogens is 270 g/mol. The molecule has 0 bridgehead atoms. The van der Waals surface area contributed by atoms with Gasteiger partial charge >= 0.3 is 0 Å². The molecule has 0 aliphatic heterocycles. The highest BCUT2D eigenvalue weighted by Crippen LogP contribution is 2.37. The first-order chi connectivity index (χ1) is 9.18. The molecule has 0 aromatic carbocycles. The molecule has 0 radical (unpaired) electrons. The van der Waals surface area contributed by atoms with Crippen LogP contribution in [-0.4, -0.2) is 21.4 Å². The summed E-state index contributed by atoms with van der Waals surface area (Å²) in [6.45, 7) is 10.3. The largest absolute Gasteiger partial charge is 0.361 e. The van der Waals surface area contributed by atoms with Crippen LogP contribution in [0.2, 0.25) is 0 Å². The van der Waals surface area contributed by atoms with Gasteiger partial charge in [0.1, 0.15) is 5.76 Å². The maximum atomic E-state index is 12.4. The topological polar surface area (TPSA) is 43.1 Å². The highest BCUT2D eigenvalue weighted by Gasteiger charge is 2.32. The summed E-state index contributed by atoms with van der Waals surface area (Å²) >= 11 is 1.78. The molecule has 2 rings (SSSR count). The van der Waals surface area contributed by atoms with Crippen molar-refractivity contribution in [2.24, 2.45) is 5.92 Å². The van der Waals surface area contributed by atoms with E-state index in [1.807, 2.05) is 19.9 Å². The third-order valence-electron chi connectivity index (χ3n) is 3.71. The number of carbonyl (C=O) groups is 1. The fourth-order valence-electron chi connectivity index (χ4n) is 1.81. The minimum atomic E-state index is -0.336. The number of hydrogen-bond donors (Lipinski definition) is 0. The number of rotatable bonds is 6. The Kier molecular flexibility index (Phi) is 4.33. The average Bonchev–Trinajstić information content (AvgIpc) is 3.04. The summed E-state index contributed by atoms with van der Waals surface area (Å²) in [7, 11) is 0. The number of Topliss-reactive ketones (excluding diaryl/α,β-unsaturated/α-hetero) is 1. The predicted molar refractivity (Wildman–Crippen MR) is 83.2 cm³/mol. The van der Waals surface area contributed by atoms with Crippen LogP contribution >= 0.6 is 11.8 Å². The summed E-state index contributed by atoms with van der Waals surface area (Å²) in [5, 5.41) is 4.07. The monoisotopic (exact) mass is 295 g/mol. The average molecular weight is 295 g/mol. The molecule has 20 heavy (non-hydrogen) atoms. The Labute approximate surface area is 125 Å². The lowest BCUT2D eigenvalue weighted by molar-refractivity contribution is -0.120. The van der Waals surface area contributed by atoms with Crippen LogP contribution < -0.4 is 0 Å². The van der Waals surface area contributed by atoms with E-state index in [-0.39, 0.29) is 15.9 Å². The lowest BCUT2D eigenvalue weighted by Gasteiger charge is -2.21. The molecule has 1 heterocycles. The van der Waals surface area contributed by atoms with Crippen molar-refractivity contribution in [1.82, 2.24) is 5.16 Å². The molecule has 1 aliphatic rings. The highest BCUT2D eigenvalue weighted by molar-refractivity contribution is 8.01. The second kappa shape index (κ2) is 5.55. The summed E-state index contributed by atoms with van der Waals surface area (Å²) in [5.41, 5.74) is 0.866. The van der Waals surface area contributed by atoms with Crippen molar-refractivity contribution in [2.75, 3.05) is 5.75 Å². The van der Waals surface area contributed by atoms with Gasteiger partial charge in [-0.05, 0) is 38.4 Å². The van der Waals surface area contributed by atoms with Crippen molar-refractivity contribution in [3.05, 3.63) is 17.5 Å². The molecule has 0 spiro atoms. The van der Waals surface area contributed by atoms with Crippen LogP contribution in [-0.2, 0) is 16.6 Å². The Hall–Kier alpha value is -0.770. The van der Waals surface area contributed by atoms with Crippen LogP contribution in [0.1, 0.15) is 58.9 Å².